The van der Waals surface area contributed by atoms with Gasteiger partial charge >= 0.3 is 0 Å². The van der Waals surface area contributed by atoms with Gasteiger partial charge in [0.1, 0.15) is 5.82 Å². The average Bonchev–Trinajstić information content (AvgIpc) is 2.81. The summed E-state index contributed by atoms with van der Waals surface area (Å²) in [7, 11) is 0. The molecule has 0 unspecified atom stereocenters. The average molecular weight is 437 g/mol. The fourth-order valence-corrected chi connectivity index (χ4v) is 5.86. The summed E-state index contributed by atoms with van der Waals surface area (Å²) >= 11 is 0. The number of rotatable bonds is 4. The van der Waals surface area contributed by atoms with Crippen LogP contribution in [0.5, 0.6) is 0 Å². The van der Waals surface area contributed by atoms with Gasteiger partial charge in [-0.1, -0.05) is 61.7 Å². The topological polar surface area (TPSA) is 60.9 Å². The van der Waals surface area contributed by atoms with Crippen LogP contribution in [0.2, 0.25) is 0 Å². The van der Waals surface area contributed by atoms with Crippen LogP contribution in [-0.2, 0) is 9.59 Å². The van der Waals surface area contributed by atoms with Crippen LogP contribution in [0.1, 0.15) is 43.6 Å². The number of amides is 2. The molecule has 1 N–H and O–H groups in total. The molecule has 0 radical (unpaired) electrons. The number of carbonyl (C=O) groups is 2. The Kier molecular flexibility index (Phi) is 5.72. The molecule has 2 heterocycles. The molecule has 3 fully saturated rings. The minimum absolute atomic E-state index is 0.0373. The standard InChI is InChI=1S/C26H29FN2O3/c27-21-9-5-4-8-20(21)17-10-12-18(13-11-17)25-22-14-28(15-24(31)29(22)23(25)16-30)26(32)19-6-2-1-3-7-19/h4-5,8-13,19,22-23,25,30H,1-3,6-7,14-16H2/t22-,23+,25-/m0/s1. The number of aliphatic hydroxyl groups is 1. The summed E-state index contributed by atoms with van der Waals surface area (Å²) in [5.41, 5.74) is 2.34. The molecule has 3 atom stereocenters. The molecule has 2 aromatic carbocycles. The number of piperazine rings is 1. The van der Waals surface area contributed by atoms with Gasteiger partial charge in [-0.25, -0.2) is 4.39 Å². The highest BCUT2D eigenvalue weighted by atomic mass is 19.1. The second-order valence-corrected chi connectivity index (χ2v) is 9.30. The van der Waals surface area contributed by atoms with Gasteiger partial charge in [-0.15, -0.1) is 0 Å². The van der Waals surface area contributed by atoms with E-state index in [1.54, 1.807) is 21.9 Å². The first kappa shape index (κ1) is 21.1. The van der Waals surface area contributed by atoms with Crippen LogP contribution in [0.3, 0.4) is 0 Å². The fraction of sp³-hybridized carbons (Fsp3) is 0.462. The van der Waals surface area contributed by atoms with E-state index >= 15 is 0 Å². The van der Waals surface area contributed by atoms with Gasteiger partial charge in [0.15, 0.2) is 0 Å². The van der Waals surface area contributed by atoms with Crippen molar-refractivity contribution in [3.8, 4) is 11.1 Å². The minimum Gasteiger partial charge on any atom is -0.394 e. The van der Waals surface area contributed by atoms with Crippen molar-refractivity contribution < 1.29 is 19.1 Å². The molecule has 2 amide bonds. The predicted molar refractivity (Wildman–Crippen MR) is 119 cm³/mol. The third kappa shape index (κ3) is 3.60. The summed E-state index contributed by atoms with van der Waals surface area (Å²) in [6.45, 7) is 0.511. The molecule has 5 nitrogen and oxygen atoms in total. The lowest BCUT2D eigenvalue weighted by Gasteiger charge is -2.59. The zero-order chi connectivity index (χ0) is 22.2. The van der Waals surface area contributed by atoms with Crippen LogP contribution in [0.25, 0.3) is 11.1 Å². The smallest absolute Gasteiger partial charge is 0.242 e. The van der Waals surface area contributed by atoms with Crippen molar-refractivity contribution in [2.45, 2.75) is 50.1 Å². The summed E-state index contributed by atoms with van der Waals surface area (Å²) in [4.78, 5) is 29.4. The van der Waals surface area contributed by atoms with Gasteiger partial charge in [-0.3, -0.25) is 9.59 Å². The largest absolute Gasteiger partial charge is 0.394 e. The van der Waals surface area contributed by atoms with Crippen LogP contribution in [0.4, 0.5) is 4.39 Å². The van der Waals surface area contributed by atoms with Gasteiger partial charge < -0.3 is 14.9 Å². The Hall–Kier alpha value is -2.73. The lowest BCUT2D eigenvalue weighted by molar-refractivity contribution is -0.168. The van der Waals surface area contributed by atoms with E-state index in [0.29, 0.717) is 12.1 Å². The quantitative estimate of drug-likeness (QED) is 0.797. The van der Waals surface area contributed by atoms with Crippen molar-refractivity contribution in [1.82, 2.24) is 9.80 Å². The third-order valence-corrected chi connectivity index (χ3v) is 7.50. The highest BCUT2D eigenvalue weighted by Crippen LogP contribution is 2.43. The molecule has 32 heavy (non-hydrogen) atoms. The zero-order valence-corrected chi connectivity index (χ0v) is 18.1. The van der Waals surface area contributed by atoms with E-state index < -0.39 is 0 Å². The highest BCUT2D eigenvalue weighted by Gasteiger charge is 2.54. The number of hydrogen-bond acceptors (Lipinski definition) is 3. The molecule has 0 aromatic heterocycles. The van der Waals surface area contributed by atoms with E-state index in [9.17, 15) is 19.1 Å². The molecule has 168 valence electrons. The van der Waals surface area contributed by atoms with E-state index in [4.69, 9.17) is 0 Å². The Morgan fingerprint density at radius 1 is 1.03 bits per heavy atom. The molecule has 2 aromatic rings. The Morgan fingerprint density at radius 2 is 1.75 bits per heavy atom. The first-order chi connectivity index (χ1) is 15.6. The van der Waals surface area contributed by atoms with Gasteiger partial charge in [0.05, 0.1) is 25.2 Å². The van der Waals surface area contributed by atoms with E-state index in [1.807, 2.05) is 30.3 Å². The molecular weight excluding hydrogens is 407 g/mol. The third-order valence-electron chi connectivity index (χ3n) is 7.50. The van der Waals surface area contributed by atoms with Gasteiger partial charge in [-0.05, 0) is 30.0 Å². The number of aliphatic hydroxyl groups excluding tert-OH is 1. The minimum atomic E-state index is -0.279. The number of halogens is 1. The Labute approximate surface area is 187 Å². The Balaban J connectivity index is 1.36. The van der Waals surface area contributed by atoms with E-state index in [-0.39, 0.29) is 54.7 Å². The highest BCUT2D eigenvalue weighted by molar-refractivity contribution is 5.88. The maximum Gasteiger partial charge on any atom is 0.242 e. The van der Waals surface area contributed by atoms with Crippen molar-refractivity contribution in [2.75, 3.05) is 19.7 Å². The Morgan fingerprint density at radius 3 is 2.44 bits per heavy atom. The lowest BCUT2D eigenvalue weighted by Crippen LogP contribution is -2.73. The van der Waals surface area contributed by atoms with Crippen LogP contribution < -0.4 is 0 Å². The molecular formula is C26H29FN2O3. The lowest BCUT2D eigenvalue weighted by atomic mass is 9.73. The van der Waals surface area contributed by atoms with Crippen LogP contribution in [0, 0.1) is 11.7 Å². The summed E-state index contributed by atoms with van der Waals surface area (Å²) in [5.74, 6) is -0.239. The van der Waals surface area contributed by atoms with Crippen LogP contribution >= 0.6 is 0 Å². The molecule has 1 aliphatic carbocycles. The molecule has 1 saturated carbocycles. The van der Waals surface area contributed by atoms with Gasteiger partial charge in [0.2, 0.25) is 11.8 Å². The predicted octanol–water partition coefficient (Wildman–Crippen LogP) is 3.57. The first-order valence-corrected chi connectivity index (χ1v) is 11.6. The molecule has 2 saturated heterocycles. The molecule has 0 spiro atoms. The zero-order valence-electron chi connectivity index (χ0n) is 18.1. The van der Waals surface area contributed by atoms with E-state index in [2.05, 4.69) is 0 Å². The first-order valence-electron chi connectivity index (χ1n) is 11.6. The summed E-state index contributed by atoms with van der Waals surface area (Å²) < 4.78 is 14.2. The second-order valence-electron chi connectivity index (χ2n) is 9.30. The molecule has 3 aliphatic rings. The molecule has 0 bridgehead atoms. The molecule has 2 aliphatic heterocycles. The summed E-state index contributed by atoms with van der Waals surface area (Å²) in [6.07, 6.45) is 5.17. The molecule has 5 rings (SSSR count). The normalized spacial score (nSPS) is 25.9. The van der Waals surface area contributed by atoms with Crippen molar-refractivity contribution >= 4 is 11.8 Å². The number of carbonyl (C=O) groups excluding carboxylic acids is 2. The summed E-state index contributed by atoms with van der Waals surface area (Å²) in [5, 5.41) is 10.00. The van der Waals surface area contributed by atoms with Gasteiger partial charge in [0, 0.05) is 23.9 Å². The maximum atomic E-state index is 14.2. The number of benzene rings is 2. The van der Waals surface area contributed by atoms with E-state index in [0.717, 1.165) is 36.8 Å². The van der Waals surface area contributed by atoms with Gasteiger partial charge in [-0.2, -0.15) is 0 Å². The monoisotopic (exact) mass is 436 g/mol. The number of nitrogens with zero attached hydrogens (tertiary/aromatic N) is 2. The number of hydrogen-bond donors (Lipinski definition) is 1. The van der Waals surface area contributed by atoms with Crippen LogP contribution in [0.15, 0.2) is 48.5 Å². The fourth-order valence-electron chi connectivity index (χ4n) is 5.86. The van der Waals surface area contributed by atoms with E-state index in [1.165, 1.54) is 12.5 Å². The maximum absolute atomic E-state index is 14.2. The SMILES string of the molecule is O=C(C1CCCCC1)N1CC(=O)N2[C@H](CO)[C@@H](c3ccc(-c4ccccc4F)cc3)[C@@H]2C1. The van der Waals surface area contributed by atoms with Crippen LogP contribution in [-0.4, -0.2) is 58.5 Å². The Bertz CT molecular complexity index is 1000. The van der Waals surface area contributed by atoms with Gasteiger partial charge in [0.25, 0.3) is 0 Å². The molecule has 6 heteroatoms. The second kappa shape index (κ2) is 8.66. The van der Waals surface area contributed by atoms with Crippen molar-refractivity contribution in [3.63, 3.8) is 0 Å². The number of fused-ring (bicyclic) bond motifs is 1. The van der Waals surface area contributed by atoms with Crippen molar-refractivity contribution in [2.24, 2.45) is 5.92 Å². The van der Waals surface area contributed by atoms with Crippen molar-refractivity contribution in [1.29, 1.82) is 0 Å². The summed E-state index contributed by atoms with van der Waals surface area (Å²) in [6, 6.07) is 14.0. The van der Waals surface area contributed by atoms with Crippen molar-refractivity contribution in [3.05, 3.63) is 59.9 Å².